The predicted octanol–water partition coefficient (Wildman–Crippen LogP) is 0.431. The standard InChI is InChI=1S/C13H15NO3/c1-8-10(7-13(15)17-3)11-6-9(16-2)4-5-12(11)14-8/h4-6,8H,7H2,1-3H3/t8-/m0/s1. The number of nitrogens with zero attached hydrogens (tertiary/aromatic N) is 1. The summed E-state index contributed by atoms with van der Waals surface area (Å²) in [5.74, 6) is 0.535. The van der Waals surface area contributed by atoms with E-state index in [-0.39, 0.29) is 18.4 Å². The highest BCUT2D eigenvalue weighted by Crippen LogP contribution is 2.15. The first-order valence-electron chi connectivity index (χ1n) is 5.47. The number of benzene rings is 1. The van der Waals surface area contributed by atoms with Gasteiger partial charge in [0.25, 0.3) is 0 Å². The Bertz CT molecular complexity index is 563. The van der Waals surface area contributed by atoms with E-state index in [0.717, 1.165) is 21.9 Å². The van der Waals surface area contributed by atoms with Gasteiger partial charge in [0.05, 0.1) is 32.0 Å². The number of hydrogen-bond donors (Lipinski definition) is 0. The number of carbonyl (C=O) groups is 1. The molecule has 4 heteroatoms. The van der Waals surface area contributed by atoms with Crippen molar-refractivity contribution in [1.29, 1.82) is 0 Å². The fourth-order valence-electron chi connectivity index (χ4n) is 1.99. The zero-order valence-electron chi connectivity index (χ0n) is 10.2. The maximum Gasteiger partial charge on any atom is 0.309 e. The van der Waals surface area contributed by atoms with Crippen LogP contribution in [-0.4, -0.2) is 26.2 Å². The van der Waals surface area contributed by atoms with E-state index in [9.17, 15) is 4.79 Å². The van der Waals surface area contributed by atoms with Gasteiger partial charge in [-0.3, -0.25) is 9.79 Å². The molecule has 2 rings (SSSR count). The van der Waals surface area contributed by atoms with E-state index in [1.807, 2.05) is 25.1 Å². The van der Waals surface area contributed by atoms with Crippen molar-refractivity contribution in [1.82, 2.24) is 0 Å². The van der Waals surface area contributed by atoms with Crippen LogP contribution < -0.4 is 15.3 Å². The summed E-state index contributed by atoms with van der Waals surface area (Å²) in [6, 6.07) is 5.72. The third kappa shape index (κ3) is 2.16. The average Bonchev–Trinajstić information content (AvgIpc) is 2.65. The van der Waals surface area contributed by atoms with Crippen molar-refractivity contribution in [2.45, 2.75) is 19.4 Å². The summed E-state index contributed by atoms with van der Waals surface area (Å²) >= 11 is 0. The van der Waals surface area contributed by atoms with Gasteiger partial charge in [0.15, 0.2) is 0 Å². The van der Waals surface area contributed by atoms with Crippen molar-refractivity contribution in [2.24, 2.45) is 4.99 Å². The molecule has 0 N–H and O–H groups in total. The molecule has 1 aliphatic heterocycles. The van der Waals surface area contributed by atoms with Crippen molar-refractivity contribution >= 4 is 11.5 Å². The minimum absolute atomic E-state index is 0.0243. The third-order valence-corrected chi connectivity index (χ3v) is 2.95. The van der Waals surface area contributed by atoms with E-state index in [1.54, 1.807) is 7.11 Å². The molecule has 1 aromatic carbocycles. The van der Waals surface area contributed by atoms with E-state index in [2.05, 4.69) is 4.99 Å². The molecule has 0 spiro atoms. The minimum atomic E-state index is -0.238. The zero-order chi connectivity index (χ0) is 12.4. The van der Waals surface area contributed by atoms with Crippen LogP contribution in [0.3, 0.4) is 0 Å². The highest BCUT2D eigenvalue weighted by Gasteiger charge is 2.18. The number of carbonyl (C=O) groups excluding carboxylic acids is 1. The van der Waals surface area contributed by atoms with Crippen LogP contribution in [-0.2, 0) is 9.53 Å². The molecule has 90 valence electrons. The maximum absolute atomic E-state index is 11.4. The Labute approximate surface area is 99.6 Å². The lowest BCUT2D eigenvalue weighted by Gasteiger charge is -2.06. The average molecular weight is 233 g/mol. The first-order chi connectivity index (χ1) is 8.15. The first-order valence-corrected chi connectivity index (χ1v) is 5.47. The van der Waals surface area contributed by atoms with Gasteiger partial charge in [-0.05, 0) is 30.7 Å². The fourth-order valence-corrected chi connectivity index (χ4v) is 1.99. The molecule has 0 aromatic heterocycles. The van der Waals surface area contributed by atoms with Crippen molar-refractivity contribution in [3.05, 3.63) is 28.8 Å². The summed E-state index contributed by atoms with van der Waals surface area (Å²) in [5.41, 5.74) is 0.991. The number of hydrogen-bond acceptors (Lipinski definition) is 4. The molecular formula is C13H15NO3. The minimum Gasteiger partial charge on any atom is -0.497 e. The zero-order valence-corrected chi connectivity index (χ0v) is 10.2. The summed E-state index contributed by atoms with van der Waals surface area (Å²) in [5, 5.41) is 1.90. The van der Waals surface area contributed by atoms with Crippen molar-refractivity contribution in [3.8, 4) is 5.75 Å². The molecule has 0 fully saturated rings. The monoisotopic (exact) mass is 233 g/mol. The van der Waals surface area contributed by atoms with Gasteiger partial charge in [-0.2, -0.15) is 0 Å². The molecule has 0 saturated heterocycles. The summed E-state index contributed by atoms with van der Waals surface area (Å²) in [6.07, 6.45) is 0.279. The van der Waals surface area contributed by atoms with Crippen molar-refractivity contribution < 1.29 is 14.3 Å². The van der Waals surface area contributed by atoms with E-state index in [0.29, 0.717) is 0 Å². The Morgan fingerprint density at radius 1 is 1.41 bits per heavy atom. The maximum atomic E-state index is 11.4. The molecule has 0 unspecified atom stereocenters. The smallest absolute Gasteiger partial charge is 0.309 e. The van der Waals surface area contributed by atoms with Gasteiger partial charge in [0.1, 0.15) is 5.75 Å². The van der Waals surface area contributed by atoms with Crippen molar-refractivity contribution in [3.63, 3.8) is 0 Å². The molecular weight excluding hydrogens is 218 g/mol. The topological polar surface area (TPSA) is 47.9 Å². The number of fused-ring (bicyclic) bond motifs is 1. The molecule has 1 aliphatic rings. The molecule has 1 aromatic rings. The SMILES string of the molecule is COC(=O)CC1=c2cc(OC)ccc2=N[C@H]1C. The van der Waals surface area contributed by atoms with Crippen LogP contribution in [0.4, 0.5) is 0 Å². The molecule has 0 amide bonds. The van der Waals surface area contributed by atoms with E-state index in [4.69, 9.17) is 9.47 Å². The Hall–Kier alpha value is -1.84. The number of esters is 1. The van der Waals surface area contributed by atoms with Gasteiger partial charge in [-0.1, -0.05) is 0 Å². The van der Waals surface area contributed by atoms with Crippen LogP contribution in [0.1, 0.15) is 13.3 Å². The van der Waals surface area contributed by atoms with Crippen LogP contribution in [0.5, 0.6) is 5.75 Å². The van der Waals surface area contributed by atoms with Crippen LogP contribution in [0.15, 0.2) is 23.2 Å². The highest BCUT2D eigenvalue weighted by atomic mass is 16.5. The number of rotatable bonds is 3. The lowest BCUT2D eigenvalue weighted by Crippen LogP contribution is -2.24. The van der Waals surface area contributed by atoms with Crippen molar-refractivity contribution in [2.75, 3.05) is 14.2 Å². The summed E-state index contributed by atoms with van der Waals surface area (Å²) < 4.78 is 9.88. The van der Waals surface area contributed by atoms with Gasteiger partial charge in [0, 0.05) is 5.22 Å². The van der Waals surface area contributed by atoms with Gasteiger partial charge >= 0.3 is 5.97 Å². The fraction of sp³-hybridized carbons (Fsp3) is 0.385. The molecule has 0 radical (unpaired) electrons. The van der Waals surface area contributed by atoms with Gasteiger partial charge < -0.3 is 9.47 Å². The normalized spacial score (nSPS) is 17.4. The molecule has 0 bridgehead atoms. The molecule has 1 atom stereocenters. The molecule has 0 saturated carbocycles. The largest absolute Gasteiger partial charge is 0.497 e. The van der Waals surface area contributed by atoms with E-state index < -0.39 is 0 Å². The van der Waals surface area contributed by atoms with Crippen LogP contribution in [0.25, 0.3) is 5.57 Å². The summed E-state index contributed by atoms with van der Waals surface area (Å²) in [4.78, 5) is 15.9. The van der Waals surface area contributed by atoms with Gasteiger partial charge in [-0.15, -0.1) is 0 Å². The Kier molecular flexibility index (Phi) is 3.13. The molecule has 0 aliphatic carbocycles. The Balaban J connectivity index is 2.52. The highest BCUT2D eigenvalue weighted by molar-refractivity contribution is 5.81. The second-order valence-corrected chi connectivity index (χ2v) is 3.97. The second-order valence-electron chi connectivity index (χ2n) is 3.97. The number of methoxy groups -OCH3 is 2. The third-order valence-electron chi connectivity index (χ3n) is 2.95. The van der Waals surface area contributed by atoms with Gasteiger partial charge in [0.2, 0.25) is 0 Å². The van der Waals surface area contributed by atoms with Crippen LogP contribution in [0.2, 0.25) is 0 Å². The van der Waals surface area contributed by atoms with E-state index >= 15 is 0 Å². The van der Waals surface area contributed by atoms with Crippen LogP contribution in [0, 0.1) is 0 Å². The Morgan fingerprint density at radius 3 is 2.82 bits per heavy atom. The number of ether oxygens (including phenoxy) is 2. The molecule has 4 nitrogen and oxygen atoms in total. The second kappa shape index (κ2) is 4.57. The summed E-state index contributed by atoms with van der Waals surface area (Å²) in [6.45, 7) is 1.98. The lowest BCUT2D eigenvalue weighted by molar-refractivity contribution is -0.139. The Morgan fingerprint density at radius 2 is 2.18 bits per heavy atom. The molecule has 17 heavy (non-hydrogen) atoms. The predicted molar refractivity (Wildman–Crippen MR) is 63.3 cm³/mol. The van der Waals surface area contributed by atoms with E-state index in [1.165, 1.54) is 7.11 Å². The van der Waals surface area contributed by atoms with Gasteiger partial charge in [-0.25, -0.2) is 0 Å². The summed E-state index contributed by atoms with van der Waals surface area (Å²) in [7, 11) is 3.02. The molecule has 1 heterocycles. The quantitative estimate of drug-likeness (QED) is 0.711. The first kappa shape index (κ1) is 11.6. The lowest BCUT2D eigenvalue weighted by atomic mass is 10.0. The van der Waals surface area contributed by atoms with Crippen LogP contribution >= 0.6 is 0 Å².